The third-order valence-corrected chi connectivity index (χ3v) is 7.92. The van der Waals surface area contributed by atoms with Crippen LogP contribution in [0, 0.1) is 0 Å². The molecule has 9 heteroatoms. The molecule has 0 unspecified atom stereocenters. The third-order valence-electron chi connectivity index (χ3n) is 5.34. The number of amides is 1. The van der Waals surface area contributed by atoms with Gasteiger partial charge in [-0.15, -0.1) is 11.3 Å². The minimum Gasteiger partial charge on any atom is -0.322 e. The molecule has 5 rings (SSSR count). The van der Waals surface area contributed by atoms with Crippen molar-refractivity contribution in [3.8, 4) is 10.6 Å². The van der Waals surface area contributed by atoms with Crippen LogP contribution < -0.4 is 9.62 Å². The first-order chi connectivity index (χ1) is 15.3. The smallest absolute Gasteiger partial charge is 0.255 e. The molecule has 0 saturated heterocycles. The van der Waals surface area contributed by atoms with E-state index in [9.17, 15) is 13.2 Å². The Balaban J connectivity index is 1.41. The molecule has 1 N–H and O–H groups in total. The molecule has 0 spiro atoms. The van der Waals surface area contributed by atoms with Gasteiger partial charge in [-0.2, -0.15) is 0 Å². The first-order valence-electron chi connectivity index (χ1n) is 9.87. The number of nitrogens with one attached hydrogen (secondary N) is 1. The zero-order chi connectivity index (χ0) is 22.5. The van der Waals surface area contributed by atoms with Crippen molar-refractivity contribution in [2.75, 3.05) is 22.4 Å². The highest BCUT2D eigenvalue weighted by Crippen LogP contribution is 2.36. The van der Waals surface area contributed by atoms with Crippen molar-refractivity contribution >= 4 is 60.5 Å². The molecule has 1 aliphatic heterocycles. The second-order valence-electron chi connectivity index (χ2n) is 7.56. The van der Waals surface area contributed by atoms with Gasteiger partial charge in [-0.25, -0.2) is 13.4 Å². The number of benzene rings is 3. The fourth-order valence-electron chi connectivity index (χ4n) is 3.81. The highest BCUT2D eigenvalue weighted by atomic mass is 35.5. The lowest BCUT2D eigenvalue weighted by Gasteiger charge is -2.16. The zero-order valence-electron chi connectivity index (χ0n) is 17.0. The van der Waals surface area contributed by atoms with Gasteiger partial charge in [0.25, 0.3) is 5.91 Å². The summed E-state index contributed by atoms with van der Waals surface area (Å²) < 4.78 is 26.3. The lowest BCUT2D eigenvalue weighted by molar-refractivity contribution is 0.102. The quantitative estimate of drug-likeness (QED) is 0.433. The summed E-state index contributed by atoms with van der Waals surface area (Å²) in [5, 5.41) is 4.25. The van der Waals surface area contributed by atoms with Gasteiger partial charge in [0.15, 0.2) is 0 Å². The average molecular weight is 484 g/mol. The first kappa shape index (κ1) is 20.9. The van der Waals surface area contributed by atoms with E-state index in [0.717, 1.165) is 26.4 Å². The summed E-state index contributed by atoms with van der Waals surface area (Å²) in [7, 11) is -3.33. The van der Waals surface area contributed by atoms with E-state index >= 15 is 0 Å². The minimum absolute atomic E-state index is 0.275. The third kappa shape index (κ3) is 3.85. The molecule has 0 aliphatic carbocycles. The Labute approximate surface area is 194 Å². The summed E-state index contributed by atoms with van der Waals surface area (Å²) in [4.78, 5) is 17.5. The van der Waals surface area contributed by atoms with Crippen LogP contribution in [-0.4, -0.2) is 32.1 Å². The van der Waals surface area contributed by atoms with Gasteiger partial charge in [-0.3, -0.25) is 9.10 Å². The van der Waals surface area contributed by atoms with Crippen molar-refractivity contribution in [3.63, 3.8) is 0 Å². The molecule has 1 aromatic heterocycles. The van der Waals surface area contributed by atoms with Crippen LogP contribution in [0.5, 0.6) is 0 Å². The summed E-state index contributed by atoms with van der Waals surface area (Å²) >= 11 is 7.97. The van der Waals surface area contributed by atoms with Gasteiger partial charge in [-0.1, -0.05) is 23.7 Å². The van der Waals surface area contributed by atoms with Crippen molar-refractivity contribution in [3.05, 3.63) is 76.8 Å². The van der Waals surface area contributed by atoms with E-state index in [-0.39, 0.29) is 5.91 Å². The number of anilines is 2. The summed E-state index contributed by atoms with van der Waals surface area (Å²) in [6, 6.07) is 18.2. The van der Waals surface area contributed by atoms with Crippen LogP contribution in [-0.2, 0) is 16.4 Å². The number of aromatic nitrogens is 1. The normalized spacial score (nSPS) is 13.4. The molecular formula is C23H18ClN3O3S2. The van der Waals surface area contributed by atoms with E-state index in [2.05, 4.69) is 10.3 Å². The highest BCUT2D eigenvalue weighted by molar-refractivity contribution is 7.92. The molecule has 32 heavy (non-hydrogen) atoms. The summed E-state index contributed by atoms with van der Waals surface area (Å²) in [5.74, 6) is -0.275. The topological polar surface area (TPSA) is 79.4 Å². The van der Waals surface area contributed by atoms with Crippen LogP contribution in [0.4, 0.5) is 11.4 Å². The van der Waals surface area contributed by atoms with Gasteiger partial charge in [0.05, 0.1) is 27.2 Å². The monoisotopic (exact) mass is 483 g/mol. The Bertz CT molecular complexity index is 1450. The van der Waals surface area contributed by atoms with Crippen molar-refractivity contribution < 1.29 is 13.2 Å². The number of hydrogen-bond acceptors (Lipinski definition) is 5. The molecule has 0 fully saturated rings. The number of halogens is 1. The number of para-hydroxylation sites is 1. The Morgan fingerprint density at radius 2 is 1.94 bits per heavy atom. The Morgan fingerprint density at radius 3 is 2.72 bits per heavy atom. The van der Waals surface area contributed by atoms with Gasteiger partial charge in [0.2, 0.25) is 10.0 Å². The minimum atomic E-state index is -3.33. The number of fused-ring (bicyclic) bond motifs is 2. The van der Waals surface area contributed by atoms with E-state index in [1.807, 2.05) is 30.3 Å². The van der Waals surface area contributed by atoms with E-state index in [4.69, 9.17) is 11.6 Å². The van der Waals surface area contributed by atoms with E-state index in [1.165, 1.54) is 10.6 Å². The van der Waals surface area contributed by atoms with Gasteiger partial charge in [-0.05, 0) is 60.5 Å². The number of sulfonamides is 1. The number of carbonyl (C=O) groups excluding carboxylic acids is 1. The predicted molar refractivity (Wildman–Crippen MR) is 130 cm³/mol. The molecule has 1 amide bonds. The summed E-state index contributed by atoms with van der Waals surface area (Å²) in [5.41, 5.74) is 4.20. The van der Waals surface area contributed by atoms with Gasteiger partial charge >= 0.3 is 0 Å². The molecule has 0 bridgehead atoms. The van der Waals surface area contributed by atoms with Crippen molar-refractivity contribution in [1.29, 1.82) is 0 Å². The maximum absolute atomic E-state index is 12.9. The molecule has 0 atom stereocenters. The SMILES string of the molecule is CS(=O)(=O)N1CCc2cc(C(=O)Nc3ccc(Cl)c(-c4nc5ccccc5s4)c3)ccc21. The van der Waals surface area contributed by atoms with Gasteiger partial charge < -0.3 is 5.32 Å². The number of hydrogen-bond donors (Lipinski definition) is 1. The van der Waals surface area contributed by atoms with E-state index in [1.54, 1.807) is 41.7 Å². The van der Waals surface area contributed by atoms with Gasteiger partial charge in [0, 0.05) is 23.4 Å². The van der Waals surface area contributed by atoms with Crippen molar-refractivity contribution in [2.45, 2.75) is 6.42 Å². The van der Waals surface area contributed by atoms with Crippen LogP contribution in [0.25, 0.3) is 20.8 Å². The lowest BCUT2D eigenvalue weighted by atomic mass is 10.1. The Kier molecular flexibility index (Phi) is 5.16. The second kappa shape index (κ2) is 7.88. The molecule has 4 aromatic rings. The number of thiazole rings is 1. The predicted octanol–water partition coefficient (Wildman–Crippen LogP) is 5.19. The first-order valence-corrected chi connectivity index (χ1v) is 12.9. The molecule has 0 saturated carbocycles. The Morgan fingerprint density at radius 1 is 1.12 bits per heavy atom. The number of nitrogens with zero attached hydrogens (tertiary/aromatic N) is 2. The lowest BCUT2D eigenvalue weighted by Crippen LogP contribution is -2.27. The standard InChI is InChI=1S/C23H18ClN3O3S2/c1-32(29,30)27-11-10-14-12-15(6-9-20(14)27)22(28)25-16-7-8-18(24)17(13-16)23-26-19-4-2-3-5-21(19)31-23/h2-9,12-13H,10-11H2,1H3,(H,25,28). The highest BCUT2D eigenvalue weighted by Gasteiger charge is 2.26. The fraction of sp³-hybridized carbons (Fsp3) is 0.130. The second-order valence-corrected chi connectivity index (χ2v) is 10.9. The fourth-order valence-corrected chi connectivity index (χ4v) is 6.03. The molecule has 3 aromatic carbocycles. The van der Waals surface area contributed by atoms with E-state index < -0.39 is 10.0 Å². The van der Waals surface area contributed by atoms with Gasteiger partial charge in [0.1, 0.15) is 5.01 Å². The Hall–Kier alpha value is -2.94. The van der Waals surface area contributed by atoms with Crippen LogP contribution in [0.3, 0.4) is 0 Å². The largest absolute Gasteiger partial charge is 0.322 e. The maximum Gasteiger partial charge on any atom is 0.255 e. The average Bonchev–Trinajstić information content (AvgIpc) is 3.38. The molecule has 2 heterocycles. The van der Waals surface area contributed by atoms with Crippen molar-refractivity contribution in [1.82, 2.24) is 4.98 Å². The van der Waals surface area contributed by atoms with E-state index in [0.29, 0.717) is 34.9 Å². The zero-order valence-corrected chi connectivity index (χ0v) is 19.4. The molecule has 6 nitrogen and oxygen atoms in total. The number of carbonyl (C=O) groups is 1. The van der Waals surface area contributed by atoms with Crippen molar-refractivity contribution in [2.24, 2.45) is 0 Å². The van der Waals surface area contributed by atoms with Crippen LogP contribution >= 0.6 is 22.9 Å². The molecule has 1 aliphatic rings. The molecular weight excluding hydrogens is 466 g/mol. The van der Waals surface area contributed by atoms with Crippen LogP contribution in [0.15, 0.2) is 60.7 Å². The molecule has 162 valence electrons. The van der Waals surface area contributed by atoms with Crippen LogP contribution in [0.1, 0.15) is 15.9 Å². The molecule has 0 radical (unpaired) electrons. The maximum atomic E-state index is 12.9. The number of rotatable bonds is 4. The summed E-state index contributed by atoms with van der Waals surface area (Å²) in [6.45, 7) is 0.391. The summed E-state index contributed by atoms with van der Waals surface area (Å²) in [6.07, 6.45) is 1.76. The van der Waals surface area contributed by atoms with Crippen LogP contribution in [0.2, 0.25) is 5.02 Å².